The third-order valence-corrected chi connectivity index (χ3v) is 4.68. The highest BCUT2D eigenvalue weighted by Crippen LogP contribution is 2.19. The number of rotatable bonds is 3. The van der Waals surface area contributed by atoms with Crippen LogP contribution in [0.3, 0.4) is 0 Å². The van der Waals surface area contributed by atoms with E-state index in [1.54, 1.807) is 11.8 Å². The van der Waals surface area contributed by atoms with Crippen LogP contribution in [-0.4, -0.2) is 35.2 Å². The van der Waals surface area contributed by atoms with Crippen LogP contribution in [0.2, 0.25) is 0 Å². The van der Waals surface area contributed by atoms with Crippen molar-refractivity contribution in [2.24, 2.45) is 11.0 Å². The third kappa shape index (κ3) is 3.31. The van der Waals surface area contributed by atoms with Gasteiger partial charge in [0.25, 0.3) is 0 Å². The van der Waals surface area contributed by atoms with Crippen LogP contribution in [-0.2, 0) is 9.59 Å². The van der Waals surface area contributed by atoms with Crippen molar-refractivity contribution in [3.05, 3.63) is 29.8 Å². The van der Waals surface area contributed by atoms with Gasteiger partial charge in [-0.1, -0.05) is 19.1 Å². The van der Waals surface area contributed by atoms with Crippen LogP contribution in [0, 0.1) is 5.92 Å². The highest BCUT2D eigenvalue weighted by Gasteiger charge is 2.23. The number of hydrogen-bond acceptors (Lipinski definition) is 5. The van der Waals surface area contributed by atoms with Crippen LogP contribution >= 0.6 is 11.8 Å². The number of carbonyl (C=O) groups excluding carboxylic acids is 2. The lowest BCUT2D eigenvalue weighted by molar-refractivity contribution is -0.122. The molecule has 0 aliphatic carbocycles. The Labute approximate surface area is 133 Å². The Hall–Kier alpha value is -1.86. The van der Waals surface area contributed by atoms with Crippen LogP contribution in [0.4, 0.5) is 5.69 Å². The summed E-state index contributed by atoms with van der Waals surface area (Å²) in [4.78, 5) is 23.3. The number of nitrogens with one attached hydrogen (secondary N) is 3. The largest absolute Gasteiger partial charge is 0.325 e. The average molecular weight is 318 g/mol. The summed E-state index contributed by atoms with van der Waals surface area (Å²) in [5.41, 5.74) is 5.10. The third-order valence-electron chi connectivity index (χ3n) is 3.74. The molecule has 2 amide bonds. The van der Waals surface area contributed by atoms with Crippen molar-refractivity contribution in [3.63, 3.8) is 0 Å². The van der Waals surface area contributed by atoms with Crippen molar-refractivity contribution in [1.82, 2.24) is 10.7 Å². The van der Waals surface area contributed by atoms with Crippen LogP contribution < -0.4 is 16.1 Å². The number of carbonyl (C=O) groups is 2. The lowest BCUT2D eigenvalue weighted by Gasteiger charge is -2.19. The van der Waals surface area contributed by atoms with Crippen LogP contribution in [0.1, 0.15) is 18.9 Å². The molecule has 1 aromatic rings. The number of anilines is 1. The fourth-order valence-corrected chi connectivity index (χ4v) is 3.46. The summed E-state index contributed by atoms with van der Waals surface area (Å²) < 4.78 is 0. The van der Waals surface area contributed by atoms with Gasteiger partial charge in [-0.2, -0.15) is 5.10 Å². The van der Waals surface area contributed by atoms with Gasteiger partial charge >= 0.3 is 0 Å². The van der Waals surface area contributed by atoms with Gasteiger partial charge in [0.1, 0.15) is 0 Å². The molecular weight excluding hydrogens is 300 g/mol. The van der Waals surface area contributed by atoms with E-state index in [2.05, 4.69) is 21.2 Å². The van der Waals surface area contributed by atoms with Crippen molar-refractivity contribution in [2.45, 2.75) is 19.4 Å². The maximum atomic E-state index is 12.0. The Bertz CT molecular complexity index is 608. The van der Waals surface area contributed by atoms with Crippen molar-refractivity contribution < 1.29 is 9.59 Å². The summed E-state index contributed by atoms with van der Waals surface area (Å²) in [7, 11) is 0. The summed E-state index contributed by atoms with van der Waals surface area (Å²) in [6.45, 7) is 1.98. The Morgan fingerprint density at radius 1 is 1.36 bits per heavy atom. The molecule has 0 aromatic heterocycles. The van der Waals surface area contributed by atoms with Gasteiger partial charge in [0.15, 0.2) is 0 Å². The normalized spacial score (nSPS) is 24.6. The zero-order valence-electron chi connectivity index (χ0n) is 12.3. The van der Waals surface area contributed by atoms with E-state index in [4.69, 9.17) is 0 Å². The van der Waals surface area contributed by atoms with Crippen molar-refractivity contribution in [2.75, 3.05) is 16.9 Å². The number of nitrogens with zero attached hydrogens (tertiary/aromatic N) is 1. The van der Waals surface area contributed by atoms with E-state index in [9.17, 15) is 9.59 Å². The summed E-state index contributed by atoms with van der Waals surface area (Å²) in [5.74, 6) is 1.66. The Morgan fingerprint density at radius 2 is 2.14 bits per heavy atom. The maximum Gasteiger partial charge on any atom is 0.242 e. The minimum atomic E-state index is -0.123. The molecule has 116 valence electrons. The molecule has 2 atom stereocenters. The second kappa shape index (κ2) is 6.50. The molecule has 2 aliphatic rings. The molecule has 0 radical (unpaired) electrons. The van der Waals surface area contributed by atoms with Gasteiger partial charge < -0.3 is 5.32 Å². The first-order chi connectivity index (χ1) is 10.6. The first-order valence-electron chi connectivity index (χ1n) is 7.22. The Balaban J connectivity index is 1.67. The van der Waals surface area contributed by atoms with Gasteiger partial charge in [-0.05, 0) is 17.7 Å². The predicted molar refractivity (Wildman–Crippen MR) is 87.8 cm³/mol. The van der Waals surface area contributed by atoms with Gasteiger partial charge in [0, 0.05) is 29.7 Å². The second-order valence-corrected chi connectivity index (χ2v) is 6.51. The van der Waals surface area contributed by atoms with Crippen molar-refractivity contribution in [3.8, 4) is 0 Å². The van der Waals surface area contributed by atoms with E-state index in [0.29, 0.717) is 6.42 Å². The number of hydrogen-bond donors (Lipinski definition) is 3. The predicted octanol–water partition coefficient (Wildman–Crippen LogP) is 1.15. The van der Waals surface area contributed by atoms with Crippen molar-refractivity contribution >= 4 is 35.0 Å². The van der Waals surface area contributed by atoms with E-state index in [1.807, 2.05) is 31.2 Å². The first-order valence-corrected chi connectivity index (χ1v) is 8.38. The Kier molecular flexibility index (Phi) is 4.44. The summed E-state index contributed by atoms with van der Waals surface area (Å²) >= 11 is 1.72. The number of amides is 2. The molecule has 2 heterocycles. The first kappa shape index (κ1) is 15.1. The van der Waals surface area contributed by atoms with Crippen LogP contribution in [0.5, 0.6) is 0 Å². The highest BCUT2D eigenvalue weighted by atomic mass is 32.2. The lowest BCUT2D eigenvalue weighted by Crippen LogP contribution is -2.37. The average Bonchev–Trinajstić information content (AvgIpc) is 3.03. The molecule has 1 fully saturated rings. The van der Waals surface area contributed by atoms with E-state index < -0.39 is 0 Å². The molecule has 2 unspecified atom stereocenters. The fraction of sp³-hybridized carbons (Fsp3) is 0.400. The summed E-state index contributed by atoms with van der Waals surface area (Å²) in [6, 6.07) is 7.43. The fourth-order valence-electron chi connectivity index (χ4n) is 2.52. The van der Waals surface area contributed by atoms with E-state index in [1.165, 1.54) is 0 Å². The molecule has 1 aromatic carbocycles. The minimum Gasteiger partial charge on any atom is -0.325 e. The standard InChI is InChI=1S/C15H18N4O2S/c1-9-6-13(20)18-19-14(9)10-2-4-11(5-3-10)17-15(21)12-7-22-8-16-12/h2-5,9,12,16H,6-8H2,1H3,(H,17,21)(H,18,20). The monoisotopic (exact) mass is 318 g/mol. The van der Waals surface area contributed by atoms with Crippen LogP contribution in [0.25, 0.3) is 0 Å². The molecule has 3 N–H and O–H groups in total. The summed E-state index contributed by atoms with van der Waals surface area (Å²) in [6.07, 6.45) is 0.447. The molecule has 0 bridgehead atoms. The highest BCUT2D eigenvalue weighted by molar-refractivity contribution is 7.99. The van der Waals surface area contributed by atoms with Gasteiger partial charge in [-0.25, -0.2) is 5.43 Å². The second-order valence-electron chi connectivity index (χ2n) is 5.48. The minimum absolute atomic E-state index is 0.00612. The van der Waals surface area contributed by atoms with Gasteiger partial charge in [-0.15, -0.1) is 11.8 Å². The molecule has 22 heavy (non-hydrogen) atoms. The number of hydrazone groups is 1. The zero-order chi connectivity index (χ0) is 15.5. The van der Waals surface area contributed by atoms with E-state index in [0.717, 1.165) is 28.6 Å². The smallest absolute Gasteiger partial charge is 0.242 e. The molecule has 1 saturated heterocycles. The molecule has 0 saturated carbocycles. The molecular formula is C15H18N4O2S. The SMILES string of the molecule is CC1CC(=O)NN=C1c1ccc(NC(=O)C2CSCN2)cc1. The van der Waals surface area contributed by atoms with Gasteiger partial charge in [0.05, 0.1) is 11.8 Å². The Morgan fingerprint density at radius 3 is 2.77 bits per heavy atom. The molecule has 6 nitrogen and oxygen atoms in total. The topological polar surface area (TPSA) is 82.6 Å². The molecule has 2 aliphatic heterocycles. The maximum absolute atomic E-state index is 12.0. The van der Waals surface area contributed by atoms with Gasteiger partial charge in [0.2, 0.25) is 11.8 Å². The van der Waals surface area contributed by atoms with E-state index in [-0.39, 0.29) is 23.8 Å². The number of benzene rings is 1. The quantitative estimate of drug-likeness (QED) is 0.781. The van der Waals surface area contributed by atoms with Crippen LogP contribution in [0.15, 0.2) is 29.4 Å². The molecule has 0 spiro atoms. The number of thioether (sulfide) groups is 1. The van der Waals surface area contributed by atoms with E-state index >= 15 is 0 Å². The van der Waals surface area contributed by atoms with Gasteiger partial charge in [-0.3, -0.25) is 14.9 Å². The summed E-state index contributed by atoms with van der Waals surface area (Å²) in [5, 5.41) is 10.2. The zero-order valence-corrected chi connectivity index (χ0v) is 13.1. The van der Waals surface area contributed by atoms with Crippen molar-refractivity contribution in [1.29, 1.82) is 0 Å². The molecule has 3 rings (SSSR count). The lowest BCUT2D eigenvalue weighted by atomic mass is 9.94. The molecule has 7 heteroatoms.